The van der Waals surface area contributed by atoms with E-state index in [0.717, 1.165) is 0 Å². The van der Waals surface area contributed by atoms with Crippen LogP contribution in [0.5, 0.6) is 0 Å². The molecule has 23 heavy (non-hydrogen) atoms. The van der Waals surface area contributed by atoms with Gasteiger partial charge in [-0.15, -0.1) is 0 Å². The van der Waals surface area contributed by atoms with Crippen molar-refractivity contribution in [3.8, 4) is 0 Å². The Kier molecular flexibility index (Phi) is 3.73. The Balaban J connectivity index is 2.10. The summed E-state index contributed by atoms with van der Waals surface area (Å²) in [4.78, 5) is 15.7. The number of nitrogen functional groups attached to an aromatic ring is 1. The largest absolute Gasteiger partial charge is 0.469 e. The molecular weight excluding hydrogens is 301 g/mol. The summed E-state index contributed by atoms with van der Waals surface area (Å²) in [7, 11) is 1.33. The molecule has 1 aromatic carbocycles. The molecule has 0 radical (unpaired) electrons. The van der Waals surface area contributed by atoms with Crippen molar-refractivity contribution in [3.63, 3.8) is 0 Å². The lowest BCUT2D eigenvalue weighted by molar-refractivity contribution is -0.141. The fourth-order valence-corrected chi connectivity index (χ4v) is 2.83. The molecular formula is C15H16FN5O2. The van der Waals surface area contributed by atoms with E-state index < -0.39 is 5.82 Å². The van der Waals surface area contributed by atoms with Crippen molar-refractivity contribution in [1.29, 1.82) is 0 Å². The van der Waals surface area contributed by atoms with Gasteiger partial charge in [0.1, 0.15) is 17.9 Å². The first-order valence-electron chi connectivity index (χ1n) is 7.01. The highest BCUT2D eigenvalue weighted by Crippen LogP contribution is 2.39. The van der Waals surface area contributed by atoms with E-state index in [1.807, 2.05) is 0 Å². The molecule has 0 aliphatic carbocycles. The summed E-state index contributed by atoms with van der Waals surface area (Å²) in [5.41, 5.74) is 13.5. The number of amidine groups is 1. The van der Waals surface area contributed by atoms with Gasteiger partial charge < -0.3 is 16.2 Å². The number of hydrazone groups is 1. The minimum Gasteiger partial charge on any atom is -0.469 e. The van der Waals surface area contributed by atoms with Crippen molar-refractivity contribution in [2.45, 2.75) is 6.42 Å². The van der Waals surface area contributed by atoms with E-state index in [-0.39, 0.29) is 29.8 Å². The zero-order chi connectivity index (χ0) is 16.6. The first kappa shape index (κ1) is 15.0. The maximum absolute atomic E-state index is 13.9. The fraction of sp³-hybridized carbons (Fsp3) is 0.267. The molecule has 2 heterocycles. The quantitative estimate of drug-likeness (QED) is 0.637. The molecule has 0 aromatic heterocycles. The number of fused-ring (bicyclic) bond motifs is 1. The molecule has 0 fully saturated rings. The van der Waals surface area contributed by atoms with E-state index >= 15 is 0 Å². The number of halogens is 1. The van der Waals surface area contributed by atoms with Gasteiger partial charge in [-0.3, -0.25) is 9.80 Å². The lowest BCUT2D eigenvalue weighted by Crippen LogP contribution is -2.29. The molecule has 4 N–H and O–H groups in total. The number of carbonyl (C=O) groups is 1. The van der Waals surface area contributed by atoms with Crippen LogP contribution in [0.1, 0.15) is 12.0 Å². The first-order valence-corrected chi connectivity index (χ1v) is 7.01. The maximum Gasteiger partial charge on any atom is 0.306 e. The summed E-state index contributed by atoms with van der Waals surface area (Å²) < 4.78 is 18.6. The van der Waals surface area contributed by atoms with Crippen molar-refractivity contribution in [2.75, 3.05) is 19.4 Å². The number of ether oxygens (including phenoxy) is 1. The van der Waals surface area contributed by atoms with Gasteiger partial charge in [-0.2, -0.15) is 5.10 Å². The van der Waals surface area contributed by atoms with Gasteiger partial charge in [-0.05, 0) is 23.3 Å². The average Bonchev–Trinajstić information content (AvgIpc) is 2.89. The second-order valence-electron chi connectivity index (χ2n) is 5.30. The summed E-state index contributed by atoms with van der Waals surface area (Å²) >= 11 is 0. The highest BCUT2D eigenvalue weighted by atomic mass is 19.1. The molecule has 0 amide bonds. The van der Waals surface area contributed by atoms with Gasteiger partial charge >= 0.3 is 5.97 Å². The molecule has 8 heteroatoms. The predicted octanol–water partition coefficient (Wildman–Crippen LogP) is 0.928. The van der Waals surface area contributed by atoms with Crippen LogP contribution in [0.2, 0.25) is 0 Å². The number of benzene rings is 1. The summed E-state index contributed by atoms with van der Waals surface area (Å²) in [6.07, 6.45) is 1.49. The zero-order valence-corrected chi connectivity index (χ0v) is 12.5. The molecule has 0 bridgehead atoms. The first-order chi connectivity index (χ1) is 11.0. The lowest BCUT2D eigenvalue weighted by Gasteiger charge is -2.18. The van der Waals surface area contributed by atoms with Crippen LogP contribution in [0.4, 0.5) is 10.1 Å². The van der Waals surface area contributed by atoms with Crippen LogP contribution in [0, 0.1) is 11.7 Å². The molecule has 2 aliphatic rings. The lowest BCUT2D eigenvalue weighted by atomic mass is 9.90. The SMILES string of the molecule is COC(=O)CC1CN2N=CN=C(N)C2=C1c1ccc(N)c(F)c1. The van der Waals surface area contributed by atoms with Crippen molar-refractivity contribution in [1.82, 2.24) is 5.01 Å². The second-order valence-corrected chi connectivity index (χ2v) is 5.30. The predicted molar refractivity (Wildman–Crippen MR) is 84.7 cm³/mol. The number of methoxy groups -OCH3 is 1. The van der Waals surface area contributed by atoms with Crippen LogP contribution in [0.15, 0.2) is 34.0 Å². The Bertz CT molecular complexity index is 756. The number of carbonyl (C=O) groups excluding carboxylic acids is 1. The van der Waals surface area contributed by atoms with E-state index in [4.69, 9.17) is 16.2 Å². The summed E-state index contributed by atoms with van der Waals surface area (Å²) in [6, 6.07) is 4.51. The van der Waals surface area contributed by atoms with Crippen LogP contribution in [-0.2, 0) is 9.53 Å². The van der Waals surface area contributed by atoms with Crippen LogP contribution in [0.3, 0.4) is 0 Å². The van der Waals surface area contributed by atoms with E-state index in [1.54, 1.807) is 11.1 Å². The van der Waals surface area contributed by atoms with Crippen LogP contribution in [-0.4, -0.2) is 36.8 Å². The molecule has 2 aliphatic heterocycles. The van der Waals surface area contributed by atoms with Gasteiger partial charge in [-0.25, -0.2) is 9.38 Å². The maximum atomic E-state index is 13.9. The monoisotopic (exact) mass is 317 g/mol. The molecule has 0 saturated carbocycles. The Morgan fingerprint density at radius 3 is 2.96 bits per heavy atom. The van der Waals surface area contributed by atoms with Gasteiger partial charge in [-0.1, -0.05) is 6.07 Å². The van der Waals surface area contributed by atoms with Crippen LogP contribution in [0.25, 0.3) is 5.57 Å². The standard InChI is InChI=1S/C15H16FN5O2/c1-23-12(22)5-9-6-21-14(15(18)19-7-20-21)13(9)8-2-3-11(17)10(16)4-8/h2-4,7,9H,5-6,17H2,1H3,(H2,18,19,20). The summed E-state index contributed by atoms with van der Waals surface area (Å²) in [6.45, 7) is 0.443. The molecule has 7 nitrogen and oxygen atoms in total. The van der Waals surface area contributed by atoms with Crippen LogP contribution >= 0.6 is 0 Å². The van der Waals surface area contributed by atoms with E-state index in [0.29, 0.717) is 23.4 Å². The molecule has 3 rings (SSSR count). The number of aliphatic imine (C=N–C) groups is 1. The Morgan fingerprint density at radius 1 is 1.48 bits per heavy atom. The third-order valence-electron chi connectivity index (χ3n) is 3.90. The fourth-order valence-electron chi connectivity index (χ4n) is 2.83. The highest BCUT2D eigenvalue weighted by Gasteiger charge is 2.36. The Labute approximate surface area is 132 Å². The van der Waals surface area contributed by atoms with E-state index in [2.05, 4.69) is 10.1 Å². The van der Waals surface area contributed by atoms with Gasteiger partial charge in [0.25, 0.3) is 0 Å². The van der Waals surface area contributed by atoms with Gasteiger partial charge in [0.15, 0.2) is 5.84 Å². The van der Waals surface area contributed by atoms with Gasteiger partial charge in [0.05, 0.1) is 19.2 Å². The van der Waals surface area contributed by atoms with Crippen molar-refractivity contribution in [3.05, 3.63) is 35.3 Å². The molecule has 120 valence electrons. The smallest absolute Gasteiger partial charge is 0.306 e. The topological polar surface area (TPSA) is 106 Å². The molecule has 1 unspecified atom stereocenters. The third-order valence-corrected chi connectivity index (χ3v) is 3.90. The normalized spacial score (nSPS) is 19.7. The van der Waals surface area contributed by atoms with E-state index in [9.17, 15) is 9.18 Å². The Hall–Kier alpha value is -2.90. The third kappa shape index (κ3) is 2.63. The zero-order valence-electron chi connectivity index (χ0n) is 12.5. The molecule has 1 aromatic rings. The minimum absolute atomic E-state index is 0.0574. The number of hydrogen-bond acceptors (Lipinski definition) is 7. The minimum atomic E-state index is -0.527. The number of rotatable bonds is 3. The Morgan fingerprint density at radius 2 is 2.26 bits per heavy atom. The van der Waals surface area contributed by atoms with E-state index in [1.165, 1.54) is 25.6 Å². The second kappa shape index (κ2) is 5.71. The number of nitrogens with two attached hydrogens (primary N) is 2. The van der Waals surface area contributed by atoms with Crippen molar-refractivity contribution in [2.24, 2.45) is 21.7 Å². The summed E-state index contributed by atoms with van der Waals surface area (Å²) in [5, 5.41) is 5.82. The number of anilines is 1. The highest BCUT2D eigenvalue weighted by molar-refractivity contribution is 6.08. The molecule has 0 saturated heterocycles. The number of nitrogens with zero attached hydrogens (tertiary/aromatic N) is 3. The van der Waals surface area contributed by atoms with Gasteiger partial charge in [0, 0.05) is 12.5 Å². The van der Waals surface area contributed by atoms with Crippen LogP contribution < -0.4 is 11.5 Å². The molecule has 1 atom stereocenters. The summed E-state index contributed by atoms with van der Waals surface area (Å²) in [5.74, 6) is -0.840. The number of esters is 1. The molecule has 0 spiro atoms. The number of hydrogen-bond donors (Lipinski definition) is 2. The average molecular weight is 317 g/mol. The van der Waals surface area contributed by atoms with Crippen molar-refractivity contribution >= 4 is 29.4 Å². The van der Waals surface area contributed by atoms with Gasteiger partial charge in [0.2, 0.25) is 0 Å². The van der Waals surface area contributed by atoms with Crippen molar-refractivity contribution < 1.29 is 13.9 Å².